The molecule has 0 aliphatic rings. The highest BCUT2D eigenvalue weighted by molar-refractivity contribution is 5.48. The molecule has 0 spiro atoms. The normalized spacial score (nSPS) is 10.6. The summed E-state index contributed by atoms with van der Waals surface area (Å²) >= 11 is 0. The van der Waals surface area contributed by atoms with Crippen LogP contribution in [0.1, 0.15) is 11.4 Å². The largest absolute Gasteiger partial charge is 0.330 e. The molecular weight excluding hydrogens is 232 g/mol. The minimum Gasteiger partial charge on any atom is -0.330 e. The molecule has 0 aliphatic carbocycles. The first kappa shape index (κ1) is 12.3. The van der Waals surface area contributed by atoms with Gasteiger partial charge in [0.05, 0.1) is 4.92 Å². The number of imidazole rings is 1. The lowest BCUT2D eigenvalue weighted by Gasteiger charge is -2.08. The van der Waals surface area contributed by atoms with E-state index in [4.69, 9.17) is 5.73 Å². The van der Waals surface area contributed by atoms with Gasteiger partial charge in [-0.25, -0.2) is 4.98 Å². The highest BCUT2D eigenvalue weighted by atomic mass is 16.6. The van der Waals surface area contributed by atoms with Crippen LogP contribution in [0.4, 0.5) is 5.69 Å². The Morgan fingerprint density at radius 1 is 1.50 bits per heavy atom. The lowest BCUT2D eigenvalue weighted by molar-refractivity contribution is -0.385. The maximum absolute atomic E-state index is 10.8. The summed E-state index contributed by atoms with van der Waals surface area (Å²) < 4.78 is 1.89. The zero-order valence-electron chi connectivity index (χ0n) is 10.0. The summed E-state index contributed by atoms with van der Waals surface area (Å²) in [5, 5.41) is 10.8. The van der Waals surface area contributed by atoms with Gasteiger partial charge in [0.2, 0.25) is 0 Å². The number of nitrogens with two attached hydrogens (primary N) is 1. The molecule has 94 valence electrons. The second-order valence-electron chi connectivity index (χ2n) is 3.98. The van der Waals surface area contributed by atoms with Gasteiger partial charge in [-0.3, -0.25) is 10.1 Å². The van der Waals surface area contributed by atoms with Crippen LogP contribution in [0.2, 0.25) is 0 Å². The molecule has 0 saturated carbocycles. The Kier molecular flexibility index (Phi) is 3.38. The van der Waals surface area contributed by atoms with Crippen molar-refractivity contribution in [3.63, 3.8) is 0 Å². The van der Waals surface area contributed by atoms with Crippen molar-refractivity contribution in [1.29, 1.82) is 0 Å². The van der Waals surface area contributed by atoms with Crippen LogP contribution in [0.3, 0.4) is 0 Å². The van der Waals surface area contributed by atoms with Gasteiger partial charge in [0.1, 0.15) is 5.82 Å². The first-order valence-corrected chi connectivity index (χ1v) is 5.61. The molecule has 1 heterocycles. The molecule has 2 aromatic rings. The van der Waals surface area contributed by atoms with Crippen LogP contribution in [-0.2, 0) is 6.42 Å². The lowest BCUT2D eigenvalue weighted by Crippen LogP contribution is -2.08. The predicted octanol–water partition coefficient (Wildman–Crippen LogP) is 1.59. The maximum atomic E-state index is 10.8. The van der Waals surface area contributed by atoms with E-state index in [-0.39, 0.29) is 10.6 Å². The van der Waals surface area contributed by atoms with Gasteiger partial charge in [0, 0.05) is 36.1 Å². The summed E-state index contributed by atoms with van der Waals surface area (Å²) in [4.78, 5) is 14.6. The van der Waals surface area contributed by atoms with E-state index in [9.17, 15) is 10.1 Å². The highest BCUT2D eigenvalue weighted by Gasteiger charge is 2.12. The van der Waals surface area contributed by atoms with Crippen molar-refractivity contribution < 1.29 is 4.92 Å². The molecule has 0 aliphatic heterocycles. The van der Waals surface area contributed by atoms with Crippen LogP contribution in [0.25, 0.3) is 5.69 Å². The van der Waals surface area contributed by atoms with E-state index in [1.165, 1.54) is 6.07 Å². The van der Waals surface area contributed by atoms with Crippen molar-refractivity contribution in [2.45, 2.75) is 13.3 Å². The molecule has 1 aromatic heterocycles. The molecule has 0 unspecified atom stereocenters. The SMILES string of the molecule is Cc1cc(-n2ccnc2CCN)ccc1[N+](=O)[O-]. The molecule has 18 heavy (non-hydrogen) atoms. The van der Waals surface area contributed by atoms with Crippen molar-refractivity contribution in [3.8, 4) is 5.69 Å². The number of hydrogen-bond donors (Lipinski definition) is 1. The third-order valence-electron chi connectivity index (χ3n) is 2.74. The van der Waals surface area contributed by atoms with Gasteiger partial charge >= 0.3 is 0 Å². The van der Waals surface area contributed by atoms with E-state index < -0.39 is 0 Å². The predicted molar refractivity (Wildman–Crippen MR) is 67.7 cm³/mol. The van der Waals surface area contributed by atoms with Gasteiger partial charge in [-0.1, -0.05) is 0 Å². The van der Waals surface area contributed by atoms with Crippen molar-refractivity contribution in [1.82, 2.24) is 9.55 Å². The second kappa shape index (κ2) is 4.97. The molecule has 2 N–H and O–H groups in total. The van der Waals surface area contributed by atoms with Crippen LogP contribution in [0, 0.1) is 17.0 Å². The zero-order chi connectivity index (χ0) is 13.1. The fraction of sp³-hybridized carbons (Fsp3) is 0.250. The minimum absolute atomic E-state index is 0.124. The van der Waals surface area contributed by atoms with Crippen LogP contribution >= 0.6 is 0 Å². The second-order valence-corrected chi connectivity index (χ2v) is 3.98. The molecule has 0 fully saturated rings. The molecule has 0 saturated heterocycles. The van der Waals surface area contributed by atoms with Gasteiger partial charge in [0.25, 0.3) is 5.69 Å². The summed E-state index contributed by atoms with van der Waals surface area (Å²) in [7, 11) is 0. The molecular formula is C12H14N4O2. The summed E-state index contributed by atoms with van der Waals surface area (Å²) in [5.41, 5.74) is 7.13. The number of nitro benzene ring substituents is 1. The van der Waals surface area contributed by atoms with E-state index in [0.29, 0.717) is 18.5 Å². The molecule has 0 bridgehead atoms. The number of rotatable bonds is 4. The van der Waals surface area contributed by atoms with E-state index in [2.05, 4.69) is 4.98 Å². The van der Waals surface area contributed by atoms with Gasteiger partial charge in [-0.05, 0) is 25.6 Å². The Morgan fingerprint density at radius 3 is 2.89 bits per heavy atom. The molecule has 0 atom stereocenters. The Hall–Kier alpha value is -2.21. The van der Waals surface area contributed by atoms with Gasteiger partial charge in [-0.15, -0.1) is 0 Å². The smallest absolute Gasteiger partial charge is 0.272 e. The Labute approximate surface area is 104 Å². The zero-order valence-corrected chi connectivity index (χ0v) is 10.0. The molecule has 6 heteroatoms. The van der Waals surface area contributed by atoms with Crippen molar-refractivity contribution in [2.75, 3.05) is 6.54 Å². The number of benzene rings is 1. The molecule has 2 rings (SSSR count). The monoisotopic (exact) mass is 246 g/mol. The van der Waals surface area contributed by atoms with Crippen molar-refractivity contribution in [3.05, 3.63) is 52.1 Å². The van der Waals surface area contributed by atoms with Crippen LogP contribution in [0.15, 0.2) is 30.6 Å². The average molecular weight is 246 g/mol. The summed E-state index contributed by atoms with van der Waals surface area (Å²) in [6.45, 7) is 2.24. The number of nitrogens with zero attached hydrogens (tertiary/aromatic N) is 3. The fourth-order valence-corrected chi connectivity index (χ4v) is 1.88. The molecule has 1 aromatic carbocycles. The standard InChI is InChI=1S/C12H14N4O2/c1-9-8-10(2-3-11(9)16(17)18)15-7-6-14-12(15)4-5-13/h2-3,6-8H,4-5,13H2,1H3. The van der Waals surface area contributed by atoms with Crippen molar-refractivity contribution in [2.24, 2.45) is 5.73 Å². The highest BCUT2D eigenvalue weighted by Crippen LogP contribution is 2.21. The Bertz CT molecular complexity index is 577. The van der Waals surface area contributed by atoms with Crippen LogP contribution < -0.4 is 5.73 Å². The molecule has 0 radical (unpaired) electrons. The third kappa shape index (κ3) is 2.23. The molecule has 6 nitrogen and oxygen atoms in total. The number of aryl methyl sites for hydroxylation is 1. The van der Waals surface area contributed by atoms with Gasteiger partial charge < -0.3 is 10.3 Å². The number of hydrogen-bond acceptors (Lipinski definition) is 4. The van der Waals surface area contributed by atoms with Crippen LogP contribution in [-0.4, -0.2) is 21.0 Å². The Morgan fingerprint density at radius 2 is 2.28 bits per heavy atom. The molecule has 0 amide bonds. The first-order chi connectivity index (χ1) is 8.63. The fourth-order valence-electron chi connectivity index (χ4n) is 1.88. The third-order valence-corrected chi connectivity index (χ3v) is 2.74. The van der Waals surface area contributed by atoms with E-state index in [1.807, 2.05) is 10.8 Å². The van der Waals surface area contributed by atoms with Gasteiger partial charge in [0.15, 0.2) is 0 Å². The first-order valence-electron chi connectivity index (χ1n) is 5.61. The Balaban J connectivity index is 2.42. The van der Waals surface area contributed by atoms with E-state index >= 15 is 0 Å². The maximum Gasteiger partial charge on any atom is 0.272 e. The quantitative estimate of drug-likeness (QED) is 0.655. The van der Waals surface area contributed by atoms with E-state index in [0.717, 1.165) is 11.5 Å². The van der Waals surface area contributed by atoms with Gasteiger partial charge in [-0.2, -0.15) is 0 Å². The van der Waals surface area contributed by atoms with Crippen molar-refractivity contribution >= 4 is 5.69 Å². The summed E-state index contributed by atoms with van der Waals surface area (Å²) in [5.74, 6) is 0.853. The number of nitro groups is 1. The number of aromatic nitrogens is 2. The lowest BCUT2D eigenvalue weighted by atomic mass is 10.2. The minimum atomic E-state index is -0.381. The summed E-state index contributed by atoms with van der Waals surface area (Å²) in [6.07, 6.45) is 4.19. The van der Waals surface area contributed by atoms with Crippen LogP contribution in [0.5, 0.6) is 0 Å². The summed E-state index contributed by atoms with van der Waals surface area (Å²) in [6, 6.07) is 5.00. The average Bonchev–Trinajstić information content (AvgIpc) is 2.77. The van der Waals surface area contributed by atoms with E-state index in [1.54, 1.807) is 25.3 Å². The topological polar surface area (TPSA) is 87.0 Å².